The van der Waals surface area contributed by atoms with E-state index in [2.05, 4.69) is 15.3 Å². The second-order valence-electron chi connectivity index (χ2n) is 6.59. The third-order valence-electron chi connectivity index (χ3n) is 4.29. The Bertz CT molecular complexity index is 1350. The smallest absolute Gasteiger partial charge is 0.264 e. The van der Waals surface area contributed by atoms with E-state index in [4.69, 9.17) is 16.7 Å². The van der Waals surface area contributed by atoms with Crippen molar-refractivity contribution >= 4 is 67.1 Å². The summed E-state index contributed by atoms with van der Waals surface area (Å²) in [6, 6.07) is 13.5. The summed E-state index contributed by atoms with van der Waals surface area (Å²) in [5, 5.41) is 9.36. The first-order valence-corrected chi connectivity index (χ1v) is 11.4. The van der Waals surface area contributed by atoms with Crippen LogP contribution < -0.4 is 10.5 Å². The second kappa shape index (κ2) is 7.84. The highest BCUT2D eigenvalue weighted by atomic mass is 35.5. The maximum Gasteiger partial charge on any atom is 0.264 e. The molecule has 7 nitrogen and oxygen atoms in total. The van der Waals surface area contributed by atoms with E-state index < -0.39 is 10.0 Å². The number of carbonyl (C=O) groups excluding carboxylic acids is 1. The van der Waals surface area contributed by atoms with Gasteiger partial charge in [-0.2, -0.15) is 0 Å². The number of halogens is 1. The first-order valence-electron chi connectivity index (χ1n) is 8.68. The molecule has 3 aromatic rings. The molecule has 0 unspecified atom stereocenters. The first kappa shape index (κ1) is 20.5. The molecular weight excluding hydrogens is 444 g/mol. The molecule has 3 N–H and O–H groups in total. The standard InChI is InChI=1S/C20H15ClN4O3S2/c1-11-2-3-12-9-13(18(21)24-16(12)8-11)10-17-19(26)25-20(29-17)23-14-4-6-15(7-5-14)30(22,27)28/h2-10H,1H3,(H2,22,27,28)(H,23,25,26)/b17-10-. The van der Waals surface area contributed by atoms with Crippen LogP contribution in [0.3, 0.4) is 0 Å². The fourth-order valence-electron chi connectivity index (χ4n) is 2.82. The van der Waals surface area contributed by atoms with Crippen LogP contribution >= 0.6 is 23.4 Å². The van der Waals surface area contributed by atoms with Crippen molar-refractivity contribution in [1.82, 2.24) is 10.3 Å². The predicted molar refractivity (Wildman–Crippen MR) is 120 cm³/mol. The molecule has 0 bridgehead atoms. The molecule has 1 amide bonds. The van der Waals surface area contributed by atoms with Gasteiger partial charge in [0.15, 0.2) is 5.17 Å². The number of aryl methyl sites for hydroxylation is 1. The van der Waals surface area contributed by atoms with Crippen molar-refractivity contribution in [3.63, 3.8) is 0 Å². The first-order chi connectivity index (χ1) is 14.2. The maximum absolute atomic E-state index is 12.3. The quantitative estimate of drug-likeness (QED) is 0.458. The fourth-order valence-corrected chi connectivity index (χ4v) is 4.37. The largest absolute Gasteiger partial charge is 0.300 e. The number of nitrogens with two attached hydrogens (primary N) is 1. The maximum atomic E-state index is 12.3. The number of carbonyl (C=O) groups is 1. The summed E-state index contributed by atoms with van der Waals surface area (Å²) in [5.74, 6) is -0.306. The van der Waals surface area contributed by atoms with E-state index in [1.165, 1.54) is 24.3 Å². The Hall–Kier alpha value is -2.72. The van der Waals surface area contributed by atoms with Crippen LogP contribution in [0.1, 0.15) is 11.1 Å². The van der Waals surface area contributed by atoms with Crippen LogP contribution in [0.5, 0.6) is 0 Å². The highest BCUT2D eigenvalue weighted by Crippen LogP contribution is 2.31. The van der Waals surface area contributed by atoms with E-state index in [0.717, 1.165) is 28.2 Å². The zero-order valence-electron chi connectivity index (χ0n) is 15.6. The topological polar surface area (TPSA) is 115 Å². The lowest BCUT2D eigenvalue weighted by molar-refractivity contribution is -0.115. The van der Waals surface area contributed by atoms with Gasteiger partial charge >= 0.3 is 0 Å². The highest BCUT2D eigenvalue weighted by Gasteiger charge is 2.24. The van der Waals surface area contributed by atoms with Gasteiger partial charge in [0.05, 0.1) is 21.0 Å². The molecule has 152 valence electrons. The summed E-state index contributed by atoms with van der Waals surface area (Å²) in [4.78, 5) is 21.5. The number of fused-ring (bicyclic) bond motifs is 1. The van der Waals surface area contributed by atoms with Gasteiger partial charge in [-0.15, -0.1) is 0 Å². The summed E-state index contributed by atoms with van der Waals surface area (Å²) in [6.07, 6.45) is 1.67. The van der Waals surface area contributed by atoms with E-state index in [9.17, 15) is 13.2 Å². The molecule has 1 aliphatic rings. The molecule has 1 fully saturated rings. The van der Waals surface area contributed by atoms with Crippen LogP contribution in [-0.2, 0) is 14.8 Å². The number of aliphatic imine (C=N–C) groups is 1. The van der Waals surface area contributed by atoms with Gasteiger partial charge in [0.1, 0.15) is 5.15 Å². The molecule has 4 rings (SSSR count). The second-order valence-corrected chi connectivity index (χ2v) is 9.54. The summed E-state index contributed by atoms with van der Waals surface area (Å²) >= 11 is 7.47. The minimum atomic E-state index is -3.77. The molecule has 0 radical (unpaired) electrons. The van der Waals surface area contributed by atoms with E-state index in [-0.39, 0.29) is 10.8 Å². The summed E-state index contributed by atoms with van der Waals surface area (Å²) in [7, 11) is -3.77. The number of aromatic nitrogens is 1. The average Bonchev–Trinajstić information content (AvgIpc) is 3.01. The zero-order chi connectivity index (χ0) is 21.5. The van der Waals surface area contributed by atoms with Gasteiger partial charge in [-0.1, -0.05) is 23.7 Å². The van der Waals surface area contributed by atoms with Gasteiger partial charge < -0.3 is 5.32 Å². The SMILES string of the molecule is Cc1ccc2cc(/C=C3\SC(=Nc4ccc(S(N)(=O)=O)cc4)NC3=O)c(Cl)nc2c1. The molecule has 0 spiro atoms. The van der Waals surface area contributed by atoms with Crippen molar-refractivity contribution in [3.05, 3.63) is 69.7 Å². The number of nitrogens with zero attached hydrogens (tertiary/aromatic N) is 2. The van der Waals surface area contributed by atoms with Crippen LogP contribution in [-0.4, -0.2) is 24.5 Å². The summed E-state index contributed by atoms with van der Waals surface area (Å²) < 4.78 is 22.7. The normalized spacial score (nSPS) is 17.1. The van der Waals surface area contributed by atoms with Crippen LogP contribution in [0.2, 0.25) is 5.15 Å². The number of hydrogen-bond acceptors (Lipinski definition) is 6. The van der Waals surface area contributed by atoms with E-state index >= 15 is 0 Å². The predicted octanol–water partition coefficient (Wildman–Crippen LogP) is 3.74. The van der Waals surface area contributed by atoms with Gasteiger partial charge in [-0.25, -0.2) is 23.5 Å². The number of pyridine rings is 1. The number of thioether (sulfide) groups is 1. The molecule has 0 saturated carbocycles. The van der Waals surface area contributed by atoms with Crippen molar-refractivity contribution in [2.75, 3.05) is 0 Å². The molecule has 1 aliphatic heterocycles. The zero-order valence-corrected chi connectivity index (χ0v) is 18.0. The van der Waals surface area contributed by atoms with Gasteiger partial charge in [0.2, 0.25) is 10.0 Å². The Labute approximate surface area is 182 Å². The van der Waals surface area contributed by atoms with Crippen LogP contribution in [0.25, 0.3) is 17.0 Å². The van der Waals surface area contributed by atoms with Crippen LogP contribution in [0.15, 0.2) is 63.3 Å². The fraction of sp³-hybridized carbons (Fsp3) is 0.0500. The third kappa shape index (κ3) is 4.39. The lowest BCUT2D eigenvalue weighted by Crippen LogP contribution is -2.19. The molecule has 0 atom stereocenters. The Morgan fingerprint density at radius 1 is 1.17 bits per heavy atom. The van der Waals surface area contributed by atoms with Gasteiger partial charge in [-0.05, 0) is 66.7 Å². The molecule has 1 aromatic heterocycles. The molecule has 10 heteroatoms. The summed E-state index contributed by atoms with van der Waals surface area (Å²) in [5.41, 5.74) is 2.98. The number of primary sulfonamides is 1. The van der Waals surface area contributed by atoms with Gasteiger partial charge in [0.25, 0.3) is 5.91 Å². The van der Waals surface area contributed by atoms with Crippen molar-refractivity contribution in [1.29, 1.82) is 0 Å². The number of rotatable bonds is 3. The third-order valence-corrected chi connectivity index (χ3v) is 6.43. The Morgan fingerprint density at radius 3 is 2.60 bits per heavy atom. The van der Waals surface area contributed by atoms with Crippen molar-refractivity contribution < 1.29 is 13.2 Å². The highest BCUT2D eigenvalue weighted by molar-refractivity contribution is 8.18. The monoisotopic (exact) mass is 458 g/mol. The summed E-state index contributed by atoms with van der Waals surface area (Å²) in [6.45, 7) is 1.98. The Kier molecular flexibility index (Phi) is 5.37. The van der Waals surface area contributed by atoms with E-state index in [0.29, 0.717) is 26.5 Å². The number of benzene rings is 2. The van der Waals surface area contributed by atoms with E-state index in [1.807, 2.05) is 31.2 Å². The lowest BCUT2D eigenvalue weighted by atomic mass is 10.1. The molecule has 1 saturated heterocycles. The minimum Gasteiger partial charge on any atom is -0.300 e. The van der Waals surface area contributed by atoms with Crippen LogP contribution in [0, 0.1) is 6.92 Å². The number of hydrogen-bond donors (Lipinski definition) is 2. The van der Waals surface area contributed by atoms with Gasteiger partial charge in [0, 0.05) is 10.9 Å². The molecule has 2 heterocycles. The van der Waals surface area contributed by atoms with Crippen molar-refractivity contribution in [2.45, 2.75) is 11.8 Å². The van der Waals surface area contributed by atoms with Crippen LogP contribution in [0.4, 0.5) is 5.69 Å². The van der Waals surface area contributed by atoms with Crippen molar-refractivity contribution in [2.24, 2.45) is 10.1 Å². The number of sulfonamides is 1. The molecule has 2 aromatic carbocycles. The Balaban J connectivity index is 1.61. The Morgan fingerprint density at radius 2 is 1.90 bits per heavy atom. The molecule has 0 aliphatic carbocycles. The van der Waals surface area contributed by atoms with Gasteiger partial charge in [-0.3, -0.25) is 4.79 Å². The number of amides is 1. The number of amidine groups is 1. The number of nitrogens with one attached hydrogen (secondary N) is 1. The lowest BCUT2D eigenvalue weighted by Gasteiger charge is -2.04. The van der Waals surface area contributed by atoms with E-state index in [1.54, 1.807) is 6.08 Å². The average molecular weight is 459 g/mol. The molecule has 30 heavy (non-hydrogen) atoms. The minimum absolute atomic E-state index is 0.0104. The molecular formula is C20H15ClN4O3S2. The van der Waals surface area contributed by atoms with Crippen molar-refractivity contribution in [3.8, 4) is 0 Å².